The molecule has 40 heavy (non-hydrogen) atoms. The van der Waals surface area contributed by atoms with E-state index in [1.165, 1.54) is 24.3 Å². The fourth-order valence-corrected chi connectivity index (χ4v) is 4.54. The summed E-state index contributed by atoms with van der Waals surface area (Å²) in [6, 6.07) is 8.30. The molecule has 0 unspecified atom stereocenters. The second-order valence-electron chi connectivity index (χ2n) is 9.46. The molecule has 0 spiro atoms. The van der Waals surface area contributed by atoms with Crippen LogP contribution in [0.1, 0.15) is 11.1 Å². The number of aliphatic hydroxyl groups excluding tert-OH is 7. The van der Waals surface area contributed by atoms with Gasteiger partial charge < -0.3 is 70.0 Å². The molecule has 0 bridgehead atoms. The van der Waals surface area contributed by atoms with Crippen molar-refractivity contribution in [3.63, 3.8) is 0 Å². The number of ether oxygens (including phenoxy) is 4. The Balaban J connectivity index is 1.69. The summed E-state index contributed by atoms with van der Waals surface area (Å²) >= 11 is 0. The molecule has 0 aliphatic carbocycles. The summed E-state index contributed by atoms with van der Waals surface area (Å²) in [4.78, 5) is 0. The molecule has 2 aliphatic rings. The number of aromatic hydroxyl groups is 3. The van der Waals surface area contributed by atoms with Gasteiger partial charge in [-0.15, -0.1) is 0 Å². The first-order chi connectivity index (χ1) is 19.0. The van der Waals surface area contributed by atoms with Crippen LogP contribution in [0.15, 0.2) is 36.4 Å². The predicted octanol–water partition coefficient (Wildman–Crippen LogP) is -2.02. The summed E-state index contributed by atoms with van der Waals surface area (Å²) in [5.74, 6) is -3.54. The maximum Gasteiger partial charge on any atom is 0.229 e. The van der Waals surface area contributed by atoms with Crippen molar-refractivity contribution in [3.8, 4) is 23.0 Å². The molecule has 2 aliphatic heterocycles. The van der Waals surface area contributed by atoms with Crippen LogP contribution in [-0.4, -0.2) is 126 Å². The molecule has 2 aromatic rings. The van der Waals surface area contributed by atoms with Crippen molar-refractivity contribution in [1.82, 2.24) is 0 Å². The number of phenolic OH excluding ortho intramolecular Hbond substituents is 3. The van der Waals surface area contributed by atoms with Crippen molar-refractivity contribution in [2.75, 3.05) is 19.8 Å². The third-order valence-electron chi connectivity index (χ3n) is 6.73. The van der Waals surface area contributed by atoms with Crippen LogP contribution in [0.4, 0.5) is 0 Å². The lowest BCUT2D eigenvalue weighted by molar-refractivity contribution is -0.361. The standard InChI is InChI=1S/C26H32O14/c27-9-17-19(33)21(35)23(40-26(11-29)24(36)20(34)18(10-28)39-26)25(37-17)38-22-13(7-15(31)8-16(22)32)4-1-12-2-5-14(30)6-3-12/h1-8,17-21,23-25,27-36H,9-11H2/t17-,18-,19-,20-,21+,23-,24+,25+,26+/m1/s1. The van der Waals surface area contributed by atoms with Gasteiger partial charge in [0, 0.05) is 11.6 Å². The Hall–Kier alpha value is -3.02. The first kappa shape index (κ1) is 30.0. The number of aliphatic hydroxyl groups is 7. The van der Waals surface area contributed by atoms with Crippen molar-refractivity contribution in [2.24, 2.45) is 0 Å². The largest absolute Gasteiger partial charge is 0.508 e. The van der Waals surface area contributed by atoms with Crippen LogP contribution in [0, 0.1) is 0 Å². The van der Waals surface area contributed by atoms with Crippen LogP contribution in [0.25, 0.3) is 12.2 Å². The summed E-state index contributed by atoms with van der Waals surface area (Å²) < 4.78 is 22.5. The minimum absolute atomic E-state index is 0.0469. The van der Waals surface area contributed by atoms with E-state index in [-0.39, 0.29) is 22.8 Å². The van der Waals surface area contributed by atoms with Gasteiger partial charge in [0.05, 0.1) is 13.2 Å². The lowest BCUT2D eigenvalue weighted by Gasteiger charge is -2.45. The highest BCUT2D eigenvalue weighted by molar-refractivity contribution is 5.75. The van der Waals surface area contributed by atoms with Gasteiger partial charge in [-0.25, -0.2) is 0 Å². The molecule has 0 radical (unpaired) electrons. The minimum Gasteiger partial charge on any atom is -0.508 e. The number of hydrogen-bond donors (Lipinski definition) is 10. The minimum atomic E-state index is -2.40. The van der Waals surface area contributed by atoms with E-state index in [0.717, 1.165) is 6.07 Å². The van der Waals surface area contributed by atoms with Crippen LogP contribution < -0.4 is 4.74 Å². The Morgan fingerprint density at radius 1 is 0.800 bits per heavy atom. The molecule has 4 rings (SSSR count). The van der Waals surface area contributed by atoms with Crippen LogP contribution in [-0.2, 0) is 14.2 Å². The van der Waals surface area contributed by atoms with Crippen LogP contribution in [0.2, 0.25) is 0 Å². The van der Waals surface area contributed by atoms with Gasteiger partial charge in [-0.3, -0.25) is 0 Å². The Labute approximate surface area is 227 Å². The highest BCUT2D eigenvalue weighted by atomic mass is 16.8. The van der Waals surface area contributed by atoms with Gasteiger partial charge in [-0.05, 0) is 23.8 Å². The van der Waals surface area contributed by atoms with Gasteiger partial charge in [0.2, 0.25) is 12.1 Å². The molecule has 10 N–H and O–H groups in total. The quantitative estimate of drug-likeness (QED) is 0.147. The third-order valence-corrected chi connectivity index (χ3v) is 6.73. The van der Waals surface area contributed by atoms with Gasteiger partial charge in [-0.1, -0.05) is 24.3 Å². The van der Waals surface area contributed by atoms with Gasteiger partial charge in [0.15, 0.2) is 17.6 Å². The molecule has 2 fully saturated rings. The zero-order valence-electron chi connectivity index (χ0n) is 21.0. The average molecular weight is 569 g/mol. The highest BCUT2D eigenvalue weighted by Gasteiger charge is 2.59. The Morgan fingerprint density at radius 2 is 1.48 bits per heavy atom. The molecule has 14 heteroatoms. The highest BCUT2D eigenvalue weighted by Crippen LogP contribution is 2.40. The predicted molar refractivity (Wildman–Crippen MR) is 134 cm³/mol. The summed E-state index contributed by atoms with van der Waals surface area (Å²) in [7, 11) is 0. The van der Waals surface area contributed by atoms with Crippen LogP contribution in [0.3, 0.4) is 0 Å². The Morgan fingerprint density at radius 3 is 2.08 bits per heavy atom. The van der Waals surface area contributed by atoms with Crippen LogP contribution >= 0.6 is 0 Å². The third kappa shape index (κ3) is 5.87. The lowest BCUT2D eigenvalue weighted by atomic mass is 9.98. The average Bonchev–Trinajstić information content (AvgIpc) is 3.18. The molecule has 0 saturated carbocycles. The van der Waals surface area contributed by atoms with E-state index in [2.05, 4.69) is 0 Å². The molecule has 0 aromatic heterocycles. The Kier molecular flexibility index (Phi) is 9.16. The summed E-state index contributed by atoms with van der Waals surface area (Å²) in [6.45, 7) is -2.59. The number of rotatable bonds is 9. The van der Waals surface area contributed by atoms with Crippen LogP contribution in [0.5, 0.6) is 23.0 Å². The van der Waals surface area contributed by atoms with E-state index >= 15 is 0 Å². The molecule has 0 amide bonds. The summed E-state index contributed by atoms with van der Waals surface area (Å²) in [5, 5.41) is 101. The summed E-state index contributed by atoms with van der Waals surface area (Å²) in [6.07, 6.45) is -10.5. The lowest BCUT2D eigenvalue weighted by Crippen LogP contribution is -2.64. The first-order valence-corrected chi connectivity index (χ1v) is 12.3. The molecule has 2 heterocycles. The van der Waals surface area contributed by atoms with E-state index in [4.69, 9.17) is 18.9 Å². The molecular weight excluding hydrogens is 536 g/mol. The SMILES string of the molecule is OC[C@H]1O[C@@](CO)(O[C@H]2[C@H](Oc3c(O)cc(O)cc3C=Cc3ccc(O)cc3)O[C@H](CO)[C@@H](O)[C@@H]2O)[C@@H](O)[C@@H]1O. The monoisotopic (exact) mass is 568 g/mol. The maximum absolute atomic E-state index is 10.9. The molecule has 14 nitrogen and oxygen atoms in total. The van der Waals surface area contributed by atoms with Gasteiger partial charge in [0.1, 0.15) is 54.7 Å². The molecule has 220 valence electrons. The number of benzene rings is 2. The van der Waals surface area contributed by atoms with Crippen molar-refractivity contribution < 1.29 is 70.0 Å². The van der Waals surface area contributed by atoms with Gasteiger partial charge in [0.25, 0.3) is 0 Å². The van der Waals surface area contributed by atoms with Crippen molar-refractivity contribution in [3.05, 3.63) is 47.5 Å². The van der Waals surface area contributed by atoms with E-state index in [1.807, 2.05) is 0 Å². The van der Waals surface area contributed by atoms with Crippen molar-refractivity contribution >= 4 is 12.2 Å². The fourth-order valence-electron chi connectivity index (χ4n) is 4.54. The zero-order valence-corrected chi connectivity index (χ0v) is 21.0. The molecule has 2 saturated heterocycles. The van der Waals surface area contributed by atoms with E-state index < -0.39 is 80.4 Å². The number of phenols is 3. The van der Waals surface area contributed by atoms with Gasteiger partial charge >= 0.3 is 0 Å². The van der Waals surface area contributed by atoms with E-state index in [9.17, 15) is 51.1 Å². The zero-order chi connectivity index (χ0) is 29.2. The van der Waals surface area contributed by atoms with Crippen molar-refractivity contribution in [1.29, 1.82) is 0 Å². The van der Waals surface area contributed by atoms with E-state index in [0.29, 0.717) is 5.56 Å². The normalized spacial score (nSPS) is 34.4. The smallest absolute Gasteiger partial charge is 0.229 e. The number of hydrogen-bond acceptors (Lipinski definition) is 14. The topological polar surface area (TPSA) is 239 Å². The second kappa shape index (κ2) is 12.2. The van der Waals surface area contributed by atoms with Crippen molar-refractivity contribution in [2.45, 2.75) is 54.8 Å². The second-order valence-corrected chi connectivity index (χ2v) is 9.46. The summed E-state index contributed by atoms with van der Waals surface area (Å²) in [5.41, 5.74) is 0.744. The molecule has 9 atom stereocenters. The molecular formula is C26H32O14. The van der Waals surface area contributed by atoms with E-state index in [1.54, 1.807) is 18.2 Å². The fraction of sp³-hybridized carbons (Fsp3) is 0.462. The van der Waals surface area contributed by atoms with Gasteiger partial charge in [-0.2, -0.15) is 0 Å². The maximum atomic E-state index is 10.9. The first-order valence-electron chi connectivity index (χ1n) is 12.3. The molecule has 2 aromatic carbocycles. The Bertz CT molecular complexity index is 1170.